The predicted octanol–water partition coefficient (Wildman–Crippen LogP) is 1.94. The fourth-order valence-electron chi connectivity index (χ4n) is 3.38. The molecule has 2 aromatic rings. The van der Waals surface area contributed by atoms with Gasteiger partial charge >= 0.3 is 0 Å². The molecule has 0 atom stereocenters. The van der Waals surface area contributed by atoms with E-state index in [1.54, 1.807) is 15.9 Å². The highest BCUT2D eigenvalue weighted by atomic mass is 32.1. The van der Waals surface area contributed by atoms with Gasteiger partial charge in [-0.05, 0) is 37.0 Å². The van der Waals surface area contributed by atoms with Crippen molar-refractivity contribution >= 4 is 33.8 Å². The van der Waals surface area contributed by atoms with Gasteiger partial charge in [0.25, 0.3) is 5.56 Å². The van der Waals surface area contributed by atoms with Gasteiger partial charge in [0, 0.05) is 31.1 Å². The molecule has 1 N–H and O–H groups in total. The van der Waals surface area contributed by atoms with E-state index in [2.05, 4.69) is 9.88 Å². The molecular weight excluding hydrogens is 318 g/mol. The molecule has 0 aromatic carbocycles. The van der Waals surface area contributed by atoms with Gasteiger partial charge in [-0.3, -0.25) is 14.3 Å². The Labute approximate surface area is 137 Å². The SMILES string of the molecule is O=c1c2c3c(sc2[nH]c(=S)n1CCN1CCOCC1)CCC3. The van der Waals surface area contributed by atoms with E-state index in [4.69, 9.17) is 17.0 Å². The van der Waals surface area contributed by atoms with Crippen LogP contribution in [0.15, 0.2) is 4.79 Å². The zero-order chi connectivity index (χ0) is 15.1. The number of aromatic nitrogens is 2. The lowest BCUT2D eigenvalue weighted by Gasteiger charge is -2.26. The van der Waals surface area contributed by atoms with Crippen molar-refractivity contribution in [2.75, 3.05) is 32.8 Å². The average molecular weight is 337 g/mol. The maximum atomic E-state index is 12.9. The van der Waals surface area contributed by atoms with Crippen LogP contribution in [0.5, 0.6) is 0 Å². The van der Waals surface area contributed by atoms with Crippen molar-refractivity contribution in [3.05, 3.63) is 25.6 Å². The Morgan fingerprint density at radius 1 is 1.23 bits per heavy atom. The van der Waals surface area contributed by atoms with Gasteiger partial charge in [0.1, 0.15) is 4.83 Å². The molecule has 5 nitrogen and oxygen atoms in total. The summed E-state index contributed by atoms with van der Waals surface area (Å²) in [6, 6.07) is 0. The quantitative estimate of drug-likeness (QED) is 0.870. The average Bonchev–Trinajstić information content (AvgIpc) is 3.08. The highest BCUT2D eigenvalue weighted by Crippen LogP contribution is 2.34. The number of rotatable bonds is 3. The summed E-state index contributed by atoms with van der Waals surface area (Å²) < 4.78 is 7.64. The summed E-state index contributed by atoms with van der Waals surface area (Å²) in [5.74, 6) is 0. The minimum absolute atomic E-state index is 0.0893. The van der Waals surface area contributed by atoms with Gasteiger partial charge in [0.15, 0.2) is 4.77 Å². The molecule has 0 saturated carbocycles. The minimum atomic E-state index is 0.0893. The van der Waals surface area contributed by atoms with E-state index in [9.17, 15) is 4.79 Å². The summed E-state index contributed by atoms with van der Waals surface area (Å²) in [5.41, 5.74) is 1.35. The van der Waals surface area contributed by atoms with Crippen molar-refractivity contribution in [2.24, 2.45) is 0 Å². The third kappa shape index (κ3) is 2.46. The zero-order valence-electron chi connectivity index (χ0n) is 12.4. The highest BCUT2D eigenvalue weighted by Gasteiger charge is 2.21. The Morgan fingerprint density at radius 3 is 2.86 bits per heavy atom. The number of morpholine rings is 1. The Balaban J connectivity index is 1.68. The number of thiophene rings is 1. The van der Waals surface area contributed by atoms with E-state index >= 15 is 0 Å². The summed E-state index contributed by atoms with van der Waals surface area (Å²) in [5, 5.41) is 0.882. The topological polar surface area (TPSA) is 50.3 Å². The van der Waals surface area contributed by atoms with E-state index in [1.807, 2.05) is 0 Å². The second-order valence-electron chi connectivity index (χ2n) is 5.90. The van der Waals surface area contributed by atoms with Crippen LogP contribution in [-0.2, 0) is 24.1 Å². The Morgan fingerprint density at radius 2 is 2.05 bits per heavy atom. The van der Waals surface area contributed by atoms with Gasteiger partial charge in [0.05, 0.1) is 18.6 Å². The molecule has 3 heterocycles. The van der Waals surface area contributed by atoms with E-state index in [0.717, 1.165) is 55.9 Å². The smallest absolute Gasteiger partial charge is 0.263 e. The van der Waals surface area contributed by atoms with E-state index in [-0.39, 0.29) is 5.56 Å². The molecule has 1 fully saturated rings. The number of nitrogens with one attached hydrogen (secondary N) is 1. The van der Waals surface area contributed by atoms with Gasteiger partial charge in [-0.1, -0.05) is 0 Å². The molecule has 0 spiro atoms. The molecule has 2 aliphatic rings. The van der Waals surface area contributed by atoms with Crippen LogP contribution in [-0.4, -0.2) is 47.3 Å². The number of nitrogens with zero attached hydrogens (tertiary/aromatic N) is 2. The third-order valence-corrected chi connectivity index (χ3v) is 6.12. The van der Waals surface area contributed by atoms with Crippen molar-refractivity contribution in [1.82, 2.24) is 14.5 Å². The number of fused-ring (bicyclic) bond motifs is 3. The van der Waals surface area contributed by atoms with Crippen LogP contribution in [0.1, 0.15) is 16.9 Å². The first-order valence-corrected chi connectivity index (χ1v) is 9.04. The van der Waals surface area contributed by atoms with E-state index in [0.29, 0.717) is 11.3 Å². The number of hydrogen-bond donors (Lipinski definition) is 1. The molecular formula is C15H19N3O2S2. The lowest BCUT2D eigenvalue weighted by molar-refractivity contribution is 0.0362. The standard InChI is InChI=1S/C15H19N3O2S2/c19-14-12-10-2-1-3-11(10)22-13(12)16-15(21)18(14)5-4-17-6-8-20-9-7-17/h1-9H2,(H,16,21). The van der Waals surface area contributed by atoms with Crippen LogP contribution in [0.4, 0.5) is 0 Å². The van der Waals surface area contributed by atoms with Crippen LogP contribution < -0.4 is 5.56 Å². The lowest BCUT2D eigenvalue weighted by Crippen LogP contribution is -2.39. The first kappa shape index (κ1) is 14.6. The van der Waals surface area contributed by atoms with Gasteiger partial charge < -0.3 is 9.72 Å². The zero-order valence-corrected chi connectivity index (χ0v) is 14.0. The Kier molecular flexibility index (Phi) is 3.89. The summed E-state index contributed by atoms with van der Waals surface area (Å²) >= 11 is 7.12. The molecule has 1 aliphatic heterocycles. The number of aromatic amines is 1. The fraction of sp³-hybridized carbons (Fsp3) is 0.600. The first-order valence-electron chi connectivity index (χ1n) is 7.81. The normalized spacial score (nSPS) is 18.9. The Hall–Kier alpha value is -1.02. The van der Waals surface area contributed by atoms with Crippen LogP contribution in [0.2, 0.25) is 0 Å². The van der Waals surface area contributed by atoms with Crippen molar-refractivity contribution in [1.29, 1.82) is 0 Å². The van der Waals surface area contributed by atoms with Crippen molar-refractivity contribution in [3.63, 3.8) is 0 Å². The van der Waals surface area contributed by atoms with Crippen molar-refractivity contribution < 1.29 is 4.74 Å². The summed E-state index contributed by atoms with van der Waals surface area (Å²) in [6.07, 6.45) is 3.29. The van der Waals surface area contributed by atoms with Crippen molar-refractivity contribution in [3.8, 4) is 0 Å². The molecule has 4 rings (SSSR count). The molecule has 7 heteroatoms. The van der Waals surface area contributed by atoms with E-state index in [1.165, 1.54) is 16.9 Å². The van der Waals surface area contributed by atoms with Crippen LogP contribution in [0.25, 0.3) is 10.2 Å². The van der Waals surface area contributed by atoms with Gasteiger partial charge in [0.2, 0.25) is 0 Å². The summed E-state index contributed by atoms with van der Waals surface area (Å²) in [4.78, 5) is 20.8. The fourth-order valence-corrected chi connectivity index (χ4v) is 5.00. The molecule has 2 aromatic heterocycles. The van der Waals surface area contributed by atoms with Crippen LogP contribution in [0.3, 0.4) is 0 Å². The maximum absolute atomic E-state index is 12.9. The molecule has 118 valence electrons. The summed E-state index contributed by atoms with van der Waals surface area (Å²) in [7, 11) is 0. The van der Waals surface area contributed by atoms with E-state index < -0.39 is 0 Å². The molecule has 0 bridgehead atoms. The molecule has 0 radical (unpaired) electrons. The monoisotopic (exact) mass is 337 g/mol. The largest absolute Gasteiger partial charge is 0.379 e. The van der Waals surface area contributed by atoms with Gasteiger partial charge in [-0.15, -0.1) is 11.3 Å². The molecule has 22 heavy (non-hydrogen) atoms. The number of aryl methyl sites for hydroxylation is 2. The summed E-state index contributed by atoms with van der Waals surface area (Å²) in [6.45, 7) is 4.91. The minimum Gasteiger partial charge on any atom is -0.379 e. The number of hydrogen-bond acceptors (Lipinski definition) is 5. The van der Waals surface area contributed by atoms with Gasteiger partial charge in [-0.2, -0.15) is 0 Å². The molecule has 1 aliphatic carbocycles. The highest BCUT2D eigenvalue weighted by molar-refractivity contribution is 7.71. The Bertz CT molecular complexity index is 815. The van der Waals surface area contributed by atoms with Crippen LogP contribution >= 0.6 is 23.6 Å². The molecule has 0 unspecified atom stereocenters. The second-order valence-corrected chi connectivity index (χ2v) is 7.39. The molecule has 0 amide bonds. The lowest BCUT2D eigenvalue weighted by atomic mass is 10.2. The molecule has 1 saturated heterocycles. The third-order valence-electron chi connectivity index (χ3n) is 4.59. The van der Waals surface area contributed by atoms with Crippen LogP contribution in [0, 0.1) is 4.77 Å². The van der Waals surface area contributed by atoms with Crippen molar-refractivity contribution in [2.45, 2.75) is 25.8 Å². The number of H-pyrrole nitrogens is 1. The first-order chi connectivity index (χ1) is 10.7. The van der Waals surface area contributed by atoms with Gasteiger partial charge in [-0.25, -0.2) is 0 Å². The second kappa shape index (κ2) is 5.88. The maximum Gasteiger partial charge on any atom is 0.263 e. The predicted molar refractivity (Wildman–Crippen MR) is 90.6 cm³/mol. The number of ether oxygens (including phenoxy) is 1.